The Morgan fingerprint density at radius 3 is 2.67 bits per heavy atom. The SMILES string of the molecule is Cc1ccccc1CCNC(=O)COC(=O)c1ccc2c(c1)OCCCO2. The number of amides is 1. The van der Waals surface area contributed by atoms with E-state index in [1.165, 1.54) is 11.1 Å². The van der Waals surface area contributed by atoms with E-state index in [9.17, 15) is 9.59 Å². The first-order chi connectivity index (χ1) is 13.1. The first-order valence-corrected chi connectivity index (χ1v) is 9.01. The van der Waals surface area contributed by atoms with E-state index in [0.717, 1.165) is 12.8 Å². The molecule has 142 valence electrons. The number of ether oxygens (including phenoxy) is 3. The third-order valence-corrected chi connectivity index (χ3v) is 4.30. The molecular formula is C21H23NO5. The predicted molar refractivity (Wildman–Crippen MR) is 100 cm³/mol. The Kier molecular flexibility index (Phi) is 6.30. The zero-order valence-electron chi connectivity index (χ0n) is 15.3. The number of hydrogen-bond donors (Lipinski definition) is 1. The Labute approximate surface area is 158 Å². The van der Waals surface area contributed by atoms with E-state index in [2.05, 4.69) is 5.32 Å². The minimum absolute atomic E-state index is 0.318. The maximum absolute atomic E-state index is 12.2. The van der Waals surface area contributed by atoms with Crippen molar-refractivity contribution in [2.45, 2.75) is 19.8 Å². The summed E-state index contributed by atoms with van der Waals surface area (Å²) in [6.07, 6.45) is 1.52. The van der Waals surface area contributed by atoms with E-state index in [-0.39, 0.29) is 12.5 Å². The number of fused-ring (bicyclic) bond motifs is 1. The summed E-state index contributed by atoms with van der Waals surface area (Å²) in [5.41, 5.74) is 2.70. The molecule has 3 rings (SSSR count). The van der Waals surface area contributed by atoms with Gasteiger partial charge < -0.3 is 19.5 Å². The summed E-state index contributed by atoms with van der Waals surface area (Å²) in [5, 5.41) is 2.76. The lowest BCUT2D eigenvalue weighted by Gasteiger charge is -2.10. The summed E-state index contributed by atoms with van der Waals surface area (Å²) in [4.78, 5) is 24.1. The average Bonchev–Trinajstić information content (AvgIpc) is 2.92. The van der Waals surface area contributed by atoms with E-state index in [0.29, 0.717) is 36.8 Å². The van der Waals surface area contributed by atoms with Gasteiger partial charge in [-0.05, 0) is 42.7 Å². The Morgan fingerprint density at radius 2 is 1.85 bits per heavy atom. The van der Waals surface area contributed by atoms with Gasteiger partial charge in [-0.3, -0.25) is 4.79 Å². The highest BCUT2D eigenvalue weighted by molar-refractivity contribution is 5.92. The van der Waals surface area contributed by atoms with Crippen LogP contribution in [0.15, 0.2) is 42.5 Å². The van der Waals surface area contributed by atoms with Crippen molar-refractivity contribution in [2.24, 2.45) is 0 Å². The lowest BCUT2D eigenvalue weighted by atomic mass is 10.1. The van der Waals surface area contributed by atoms with Crippen molar-refractivity contribution in [1.82, 2.24) is 5.32 Å². The number of nitrogens with one attached hydrogen (secondary N) is 1. The van der Waals surface area contributed by atoms with Gasteiger partial charge in [0.05, 0.1) is 18.8 Å². The molecule has 1 heterocycles. The van der Waals surface area contributed by atoms with Crippen LogP contribution in [0.3, 0.4) is 0 Å². The number of carbonyl (C=O) groups excluding carboxylic acids is 2. The lowest BCUT2D eigenvalue weighted by molar-refractivity contribution is -0.124. The fraction of sp³-hybridized carbons (Fsp3) is 0.333. The second-order valence-electron chi connectivity index (χ2n) is 6.31. The first-order valence-electron chi connectivity index (χ1n) is 9.01. The summed E-state index contributed by atoms with van der Waals surface area (Å²) in [6, 6.07) is 12.9. The molecule has 0 saturated heterocycles. The number of rotatable bonds is 6. The average molecular weight is 369 g/mol. The van der Waals surface area contributed by atoms with E-state index in [1.807, 2.05) is 31.2 Å². The topological polar surface area (TPSA) is 73.9 Å². The predicted octanol–water partition coefficient (Wildman–Crippen LogP) is 2.67. The Bertz CT molecular complexity index is 818. The molecule has 1 aliphatic rings. The maximum atomic E-state index is 12.2. The molecule has 0 saturated carbocycles. The van der Waals surface area contributed by atoms with Crippen molar-refractivity contribution in [3.8, 4) is 11.5 Å². The molecule has 2 aromatic carbocycles. The van der Waals surface area contributed by atoms with Gasteiger partial charge in [0, 0.05) is 13.0 Å². The monoisotopic (exact) mass is 369 g/mol. The molecule has 1 aliphatic heterocycles. The van der Waals surface area contributed by atoms with Crippen molar-refractivity contribution in [1.29, 1.82) is 0 Å². The molecule has 6 heteroatoms. The first kappa shape index (κ1) is 18.8. The molecule has 0 radical (unpaired) electrons. The van der Waals surface area contributed by atoms with Gasteiger partial charge in [0.2, 0.25) is 0 Å². The van der Waals surface area contributed by atoms with Crippen LogP contribution < -0.4 is 14.8 Å². The molecule has 6 nitrogen and oxygen atoms in total. The maximum Gasteiger partial charge on any atom is 0.338 e. The van der Waals surface area contributed by atoms with Crippen LogP contribution in [0.4, 0.5) is 0 Å². The van der Waals surface area contributed by atoms with Crippen molar-refractivity contribution in [2.75, 3.05) is 26.4 Å². The number of aryl methyl sites for hydroxylation is 1. The van der Waals surface area contributed by atoms with Crippen LogP contribution in [-0.4, -0.2) is 38.2 Å². The molecule has 1 amide bonds. The van der Waals surface area contributed by atoms with Gasteiger partial charge in [-0.15, -0.1) is 0 Å². The van der Waals surface area contributed by atoms with Crippen molar-refractivity contribution >= 4 is 11.9 Å². The fourth-order valence-electron chi connectivity index (χ4n) is 2.78. The zero-order valence-corrected chi connectivity index (χ0v) is 15.3. The van der Waals surface area contributed by atoms with Gasteiger partial charge in [0.15, 0.2) is 18.1 Å². The molecule has 0 spiro atoms. The van der Waals surface area contributed by atoms with E-state index >= 15 is 0 Å². The standard InChI is InChI=1S/C21H23NO5/c1-15-5-2-3-6-16(15)9-10-22-20(23)14-27-21(24)17-7-8-18-19(13-17)26-12-4-11-25-18/h2-3,5-8,13H,4,9-12,14H2,1H3,(H,22,23). The molecule has 1 N–H and O–H groups in total. The highest BCUT2D eigenvalue weighted by Gasteiger charge is 2.16. The van der Waals surface area contributed by atoms with Crippen LogP contribution in [0.5, 0.6) is 11.5 Å². The fourth-order valence-corrected chi connectivity index (χ4v) is 2.78. The van der Waals surface area contributed by atoms with Crippen LogP contribution >= 0.6 is 0 Å². The van der Waals surface area contributed by atoms with E-state index < -0.39 is 5.97 Å². The summed E-state index contributed by atoms with van der Waals surface area (Å²) < 4.78 is 16.2. The Morgan fingerprint density at radius 1 is 1.07 bits per heavy atom. The minimum Gasteiger partial charge on any atom is -0.490 e. The van der Waals surface area contributed by atoms with E-state index in [1.54, 1.807) is 18.2 Å². The molecule has 0 fully saturated rings. The highest BCUT2D eigenvalue weighted by Crippen LogP contribution is 2.30. The van der Waals surface area contributed by atoms with Gasteiger partial charge in [-0.2, -0.15) is 0 Å². The van der Waals surface area contributed by atoms with Crippen molar-refractivity contribution < 1.29 is 23.8 Å². The number of benzene rings is 2. The summed E-state index contributed by atoms with van der Waals surface area (Å²) in [6.45, 7) is 3.33. The second kappa shape index (κ2) is 9.07. The number of hydrogen-bond acceptors (Lipinski definition) is 5. The van der Waals surface area contributed by atoms with E-state index in [4.69, 9.17) is 14.2 Å². The third-order valence-electron chi connectivity index (χ3n) is 4.30. The largest absolute Gasteiger partial charge is 0.490 e. The van der Waals surface area contributed by atoms with Gasteiger partial charge in [-0.25, -0.2) is 4.79 Å². The third kappa shape index (κ3) is 5.23. The molecule has 0 bridgehead atoms. The molecule has 0 atom stereocenters. The quantitative estimate of drug-likeness (QED) is 0.793. The van der Waals surface area contributed by atoms with Gasteiger partial charge in [0.25, 0.3) is 5.91 Å². The normalized spacial score (nSPS) is 12.8. The number of esters is 1. The minimum atomic E-state index is -0.570. The van der Waals surface area contributed by atoms with Crippen LogP contribution in [0.2, 0.25) is 0 Å². The molecule has 0 aliphatic carbocycles. The summed E-state index contributed by atoms with van der Waals surface area (Å²) in [7, 11) is 0. The Balaban J connectivity index is 1.45. The smallest absolute Gasteiger partial charge is 0.338 e. The molecule has 27 heavy (non-hydrogen) atoms. The zero-order chi connectivity index (χ0) is 19.1. The van der Waals surface area contributed by atoms with Crippen LogP contribution in [-0.2, 0) is 16.0 Å². The molecule has 0 aromatic heterocycles. The summed E-state index contributed by atoms with van der Waals surface area (Å²) in [5.74, 6) is 0.230. The molecule has 2 aromatic rings. The molecular weight excluding hydrogens is 346 g/mol. The van der Waals surface area contributed by atoms with Crippen LogP contribution in [0.25, 0.3) is 0 Å². The van der Waals surface area contributed by atoms with Crippen molar-refractivity contribution in [3.63, 3.8) is 0 Å². The van der Waals surface area contributed by atoms with Gasteiger partial charge in [-0.1, -0.05) is 24.3 Å². The lowest BCUT2D eigenvalue weighted by Crippen LogP contribution is -2.30. The summed E-state index contributed by atoms with van der Waals surface area (Å²) >= 11 is 0. The van der Waals surface area contributed by atoms with Crippen LogP contribution in [0, 0.1) is 6.92 Å². The molecule has 0 unspecified atom stereocenters. The Hall–Kier alpha value is -3.02. The second-order valence-corrected chi connectivity index (χ2v) is 6.31. The van der Waals surface area contributed by atoms with Crippen LogP contribution in [0.1, 0.15) is 27.9 Å². The highest BCUT2D eigenvalue weighted by atomic mass is 16.5. The number of carbonyl (C=O) groups is 2. The van der Waals surface area contributed by atoms with Gasteiger partial charge in [0.1, 0.15) is 0 Å². The van der Waals surface area contributed by atoms with Gasteiger partial charge >= 0.3 is 5.97 Å². The van der Waals surface area contributed by atoms with Crippen molar-refractivity contribution in [3.05, 3.63) is 59.2 Å².